The van der Waals surface area contributed by atoms with E-state index in [1.807, 2.05) is 13.8 Å². The molecule has 0 amide bonds. The summed E-state index contributed by atoms with van der Waals surface area (Å²) >= 11 is 0. The van der Waals surface area contributed by atoms with Crippen LogP contribution in [-0.4, -0.2) is 12.6 Å². The second kappa shape index (κ2) is 11.1. The summed E-state index contributed by atoms with van der Waals surface area (Å²) < 4.78 is 5.18. The molecule has 2 rings (SSSR count). The number of ether oxygens (including phenoxy) is 1. The van der Waals surface area contributed by atoms with Crippen molar-refractivity contribution in [2.24, 2.45) is 5.92 Å². The standard InChI is InChI=1S/C14H16O2.C3H8.C2H6/c1-10(2)14(15)16-9-11-7-12-5-3-4-6-13(12)8-11;1-3-2;1-2/h3-6,11H,1,7-9H2,2H3;3H2,1-2H3;1-2H3. The van der Waals surface area contributed by atoms with Crippen molar-refractivity contribution in [1.29, 1.82) is 0 Å². The number of carbonyl (C=O) groups excluding carboxylic acids is 1. The smallest absolute Gasteiger partial charge is 0.333 e. The first-order valence-corrected chi connectivity index (χ1v) is 7.97. The van der Waals surface area contributed by atoms with E-state index in [1.165, 1.54) is 17.5 Å². The molecule has 0 aliphatic heterocycles. The van der Waals surface area contributed by atoms with Gasteiger partial charge in [-0.15, -0.1) is 0 Å². The van der Waals surface area contributed by atoms with E-state index in [0.717, 1.165) is 12.8 Å². The fourth-order valence-corrected chi connectivity index (χ4v) is 2.08. The van der Waals surface area contributed by atoms with Crippen LogP contribution in [0.4, 0.5) is 0 Å². The number of benzene rings is 1. The van der Waals surface area contributed by atoms with E-state index in [-0.39, 0.29) is 5.97 Å². The van der Waals surface area contributed by atoms with E-state index in [2.05, 4.69) is 44.7 Å². The number of esters is 1. The van der Waals surface area contributed by atoms with E-state index in [1.54, 1.807) is 6.92 Å². The molecule has 0 saturated heterocycles. The summed E-state index contributed by atoms with van der Waals surface area (Å²) in [6, 6.07) is 8.41. The average Bonchev–Trinajstić information content (AvgIpc) is 2.90. The lowest BCUT2D eigenvalue weighted by Gasteiger charge is -2.09. The van der Waals surface area contributed by atoms with Gasteiger partial charge in [0.15, 0.2) is 0 Å². The number of rotatable bonds is 3. The van der Waals surface area contributed by atoms with Gasteiger partial charge in [0.05, 0.1) is 6.61 Å². The molecule has 2 nitrogen and oxygen atoms in total. The molecular weight excluding hydrogens is 260 g/mol. The molecule has 0 spiro atoms. The van der Waals surface area contributed by atoms with E-state index >= 15 is 0 Å². The lowest BCUT2D eigenvalue weighted by Crippen LogP contribution is -2.14. The minimum Gasteiger partial charge on any atom is -0.462 e. The van der Waals surface area contributed by atoms with Crippen molar-refractivity contribution in [3.8, 4) is 0 Å². The zero-order valence-corrected chi connectivity index (χ0v) is 14.2. The summed E-state index contributed by atoms with van der Waals surface area (Å²) in [4.78, 5) is 11.3. The normalized spacial score (nSPS) is 12.2. The third-order valence-corrected chi connectivity index (χ3v) is 2.93. The van der Waals surface area contributed by atoms with Crippen LogP contribution in [0.25, 0.3) is 0 Å². The van der Waals surface area contributed by atoms with E-state index in [0.29, 0.717) is 18.1 Å². The molecule has 118 valence electrons. The van der Waals surface area contributed by atoms with Gasteiger partial charge < -0.3 is 4.74 Å². The van der Waals surface area contributed by atoms with Crippen molar-refractivity contribution < 1.29 is 9.53 Å². The third kappa shape index (κ3) is 7.12. The van der Waals surface area contributed by atoms with Crippen molar-refractivity contribution in [3.05, 3.63) is 47.5 Å². The highest BCUT2D eigenvalue weighted by atomic mass is 16.5. The molecule has 1 aliphatic rings. The van der Waals surface area contributed by atoms with Gasteiger partial charge in [0.2, 0.25) is 0 Å². The van der Waals surface area contributed by atoms with Crippen LogP contribution in [0.1, 0.15) is 52.2 Å². The summed E-state index contributed by atoms with van der Waals surface area (Å²) in [5.41, 5.74) is 3.24. The zero-order chi connectivity index (χ0) is 16.3. The molecule has 0 bridgehead atoms. The highest BCUT2D eigenvalue weighted by Crippen LogP contribution is 2.26. The van der Waals surface area contributed by atoms with Crippen LogP contribution in [0.2, 0.25) is 0 Å². The number of hydrogen-bond acceptors (Lipinski definition) is 2. The monoisotopic (exact) mass is 290 g/mol. The minimum absolute atomic E-state index is 0.282. The van der Waals surface area contributed by atoms with Gasteiger partial charge >= 0.3 is 5.97 Å². The summed E-state index contributed by atoms with van der Waals surface area (Å²) in [6.45, 7) is 14.0. The Morgan fingerprint density at radius 1 is 1.19 bits per heavy atom. The van der Waals surface area contributed by atoms with Crippen LogP contribution < -0.4 is 0 Å². The van der Waals surface area contributed by atoms with Crippen LogP contribution in [0.5, 0.6) is 0 Å². The molecule has 0 heterocycles. The maximum absolute atomic E-state index is 11.3. The highest BCUT2D eigenvalue weighted by molar-refractivity contribution is 5.86. The second-order valence-corrected chi connectivity index (χ2v) is 5.13. The molecule has 2 heteroatoms. The molecule has 0 aromatic heterocycles. The molecule has 0 N–H and O–H groups in total. The topological polar surface area (TPSA) is 26.3 Å². The SMILES string of the molecule is C=C(C)C(=O)OCC1Cc2ccccc2C1.CC.CCC. The molecule has 0 unspecified atom stereocenters. The number of hydrogen-bond donors (Lipinski definition) is 0. The summed E-state index contributed by atoms with van der Waals surface area (Å²) in [5.74, 6) is 0.150. The van der Waals surface area contributed by atoms with Gasteiger partial charge in [-0.25, -0.2) is 4.79 Å². The van der Waals surface area contributed by atoms with Gasteiger partial charge in [-0.3, -0.25) is 0 Å². The van der Waals surface area contributed by atoms with Crippen molar-refractivity contribution in [2.45, 2.75) is 53.9 Å². The maximum atomic E-state index is 11.3. The maximum Gasteiger partial charge on any atom is 0.333 e. The third-order valence-electron chi connectivity index (χ3n) is 2.93. The first-order chi connectivity index (χ1) is 10.1. The Kier molecular flexibility index (Phi) is 10.3. The average molecular weight is 290 g/mol. The van der Waals surface area contributed by atoms with Gasteiger partial charge in [0.1, 0.15) is 0 Å². The molecule has 1 aliphatic carbocycles. The molecule has 21 heavy (non-hydrogen) atoms. The van der Waals surface area contributed by atoms with E-state index in [9.17, 15) is 4.79 Å². The number of carbonyl (C=O) groups is 1. The van der Waals surface area contributed by atoms with Crippen LogP contribution in [0.15, 0.2) is 36.4 Å². The van der Waals surface area contributed by atoms with Crippen molar-refractivity contribution in [3.63, 3.8) is 0 Å². The largest absolute Gasteiger partial charge is 0.462 e. The lowest BCUT2D eigenvalue weighted by molar-refractivity contribution is -0.140. The van der Waals surface area contributed by atoms with Gasteiger partial charge in [-0.1, -0.05) is 65.0 Å². The molecule has 1 aromatic rings. The Bertz CT molecular complexity index is 410. The predicted molar refractivity (Wildman–Crippen MR) is 90.4 cm³/mol. The second-order valence-electron chi connectivity index (χ2n) is 5.13. The predicted octanol–water partition coefficient (Wildman–Crippen LogP) is 4.96. The molecule has 0 saturated carbocycles. The van der Waals surface area contributed by atoms with Crippen molar-refractivity contribution in [2.75, 3.05) is 6.61 Å². The van der Waals surface area contributed by atoms with E-state index in [4.69, 9.17) is 4.74 Å². The van der Waals surface area contributed by atoms with Gasteiger partial charge in [0, 0.05) is 11.5 Å². The summed E-state index contributed by atoms with van der Waals surface area (Å²) in [7, 11) is 0. The first-order valence-electron chi connectivity index (χ1n) is 7.97. The zero-order valence-electron chi connectivity index (χ0n) is 14.2. The Morgan fingerprint density at radius 2 is 1.62 bits per heavy atom. The lowest BCUT2D eigenvalue weighted by atomic mass is 10.1. The minimum atomic E-state index is -0.282. The molecular formula is C19H30O2. The van der Waals surface area contributed by atoms with Gasteiger partial charge in [-0.05, 0) is 30.9 Å². The Balaban J connectivity index is 0.000000713. The first kappa shape index (κ1) is 19.4. The van der Waals surface area contributed by atoms with Crippen molar-refractivity contribution >= 4 is 5.97 Å². The van der Waals surface area contributed by atoms with Crippen LogP contribution in [-0.2, 0) is 22.4 Å². The molecule has 0 radical (unpaired) electrons. The summed E-state index contributed by atoms with van der Waals surface area (Å²) in [5, 5.41) is 0. The van der Waals surface area contributed by atoms with E-state index < -0.39 is 0 Å². The Morgan fingerprint density at radius 3 is 2.00 bits per heavy atom. The Labute approximate surface area is 130 Å². The fourth-order valence-electron chi connectivity index (χ4n) is 2.08. The van der Waals surface area contributed by atoms with Crippen LogP contribution in [0, 0.1) is 5.92 Å². The van der Waals surface area contributed by atoms with Gasteiger partial charge in [-0.2, -0.15) is 0 Å². The van der Waals surface area contributed by atoms with Crippen molar-refractivity contribution in [1.82, 2.24) is 0 Å². The molecule has 0 fully saturated rings. The van der Waals surface area contributed by atoms with Crippen LogP contribution in [0.3, 0.4) is 0 Å². The highest BCUT2D eigenvalue weighted by Gasteiger charge is 2.22. The summed E-state index contributed by atoms with van der Waals surface area (Å²) in [6.07, 6.45) is 3.28. The van der Waals surface area contributed by atoms with Crippen LogP contribution >= 0.6 is 0 Å². The number of fused-ring (bicyclic) bond motifs is 1. The Hall–Kier alpha value is -1.57. The molecule has 1 aromatic carbocycles. The fraction of sp³-hybridized carbons (Fsp3) is 0.526. The van der Waals surface area contributed by atoms with Gasteiger partial charge in [0.25, 0.3) is 0 Å². The molecule has 0 atom stereocenters. The quantitative estimate of drug-likeness (QED) is 0.580.